The molecule has 0 saturated carbocycles. The van der Waals surface area contributed by atoms with Crippen LogP contribution in [0.1, 0.15) is 40.0 Å². The molecule has 3 rings (SSSR count). The standard InChI is InChI=1S/C18H18BrNO3/c1-23-18(22)15-11-13(9-12-5-4-6-14(19)10-12)17(21)20-8-3-2-7-16(15)20/h4-6,10-11H,2-3,7-9H2,1H3. The summed E-state index contributed by atoms with van der Waals surface area (Å²) < 4.78 is 7.63. The summed E-state index contributed by atoms with van der Waals surface area (Å²) in [6, 6.07) is 9.57. The number of fused-ring (bicyclic) bond motifs is 1. The second-order valence-corrected chi connectivity index (χ2v) is 6.66. The fraction of sp³-hybridized carbons (Fsp3) is 0.333. The van der Waals surface area contributed by atoms with E-state index in [1.165, 1.54) is 7.11 Å². The van der Waals surface area contributed by atoms with Gasteiger partial charge in [0.25, 0.3) is 5.56 Å². The molecule has 0 radical (unpaired) electrons. The van der Waals surface area contributed by atoms with Gasteiger partial charge in [-0.3, -0.25) is 4.79 Å². The average Bonchev–Trinajstić information content (AvgIpc) is 2.57. The molecule has 2 aromatic rings. The highest BCUT2D eigenvalue weighted by Gasteiger charge is 2.22. The van der Waals surface area contributed by atoms with Gasteiger partial charge in [0, 0.05) is 28.7 Å². The fourth-order valence-corrected chi connectivity index (χ4v) is 3.56. The van der Waals surface area contributed by atoms with Gasteiger partial charge in [-0.2, -0.15) is 0 Å². The Bertz CT molecular complexity index is 810. The SMILES string of the molecule is COC(=O)c1cc(Cc2cccc(Br)c2)c(=O)n2c1CCCC2. The first kappa shape index (κ1) is 16.0. The zero-order valence-electron chi connectivity index (χ0n) is 13.0. The molecule has 0 bridgehead atoms. The van der Waals surface area contributed by atoms with Crippen LogP contribution >= 0.6 is 15.9 Å². The van der Waals surface area contributed by atoms with Gasteiger partial charge in [-0.05, 0) is 43.0 Å². The third-order valence-corrected chi connectivity index (χ3v) is 4.70. The van der Waals surface area contributed by atoms with E-state index >= 15 is 0 Å². The van der Waals surface area contributed by atoms with Crippen LogP contribution in [0.15, 0.2) is 39.6 Å². The molecule has 120 valence electrons. The van der Waals surface area contributed by atoms with E-state index < -0.39 is 0 Å². The van der Waals surface area contributed by atoms with Gasteiger partial charge < -0.3 is 9.30 Å². The van der Waals surface area contributed by atoms with Crippen molar-refractivity contribution in [3.8, 4) is 0 Å². The zero-order valence-corrected chi connectivity index (χ0v) is 14.6. The maximum absolute atomic E-state index is 12.8. The number of ether oxygens (including phenoxy) is 1. The van der Waals surface area contributed by atoms with Gasteiger partial charge in [0.15, 0.2) is 0 Å². The zero-order chi connectivity index (χ0) is 16.4. The largest absolute Gasteiger partial charge is 0.465 e. The van der Waals surface area contributed by atoms with Gasteiger partial charge in [-0.15, -0.1) is 0 Å². The molecule has 0 saturated heterocycles. The van der Waals surface area contributed by atoms with Crippen LogP contribution in [0.5, 0.6) is 0 Å². The first-order valence-electron chi connectivity index (χ1n) is 7.68. The van der Waals surface area contributed by atoms with Crippen molar-refractivity contribution in [1.82, 2.24) is 4.57 Å². The maximum Gasteiger partial charge on any atom is 0.339 e. The molecule has 23 heavy (non-hydrogen) atoms. The van der Waals surface area contributed by atoms with Crippen LogP contribution in [0.2, 0.25) is 0 Å². The van der Waals surface area contributed by atoms with Crippen molar-refractivity contribution in [1.29, 1.82) is 0 Å². The van der Waals surface area contributed by atoms with E-state index in [4.69, 9.17) is 4.74 Å². The summed E-state index contributed by atoms with van der Waals surface area (Å²) in [6.45, 7) is 0.671. The molecule has 5 heteroatoms. The van der Waals surface area contributed by atoms with Crippen LogP contribution in [-0.4, -0.2) is 17.6 Å². The van der Waals surface area contributed by atoms with Gasteiger partial charge in [0.05, 0.1) is 12.7 Å². The Balaban J connectivity index is 2.10. The Morgan fingerprint density at radius 2 is 2.13 bits per heavy atom. The van der Waals surface area contributed by atoms with Crippen molar-refractivity contribution in [3.63, 3.8) is 0 Å². The average molecular weight is 376 g/mol. The smallest absolute Gasteiger partial charge is 0.339 e. The number of nitrogens with zero attached hydrogens (tertiary/aromatic N) is 1. The second-order valence-electron chi connectivity index (χ2n) is 5.74. The predicted octanol–water partition coefficient (Wildman–Crippen LogP) is 3.32. The van der Waals surface area contributed by atoms with E-state index in [-0.39, 0.29) is 11.5 Å². The molecule has 1 aliphatic heterocycles. The minimum absolute atomic E-state index is 0.00679. The molecule has 2 heterocycles. The highest BCUT2D eigenvalue weighted by molar-refractivity contribution is 9.10. The quantitative estimate of drug-likeness (QED) is 0.773. The molecule has 0 unspecified atom stereocenters. The van der Waals surface area contributed by atoms with Crippen LogP contribution < -0.4 is 5.56 Å². The van der Waals surface area contributed by atoms with Crippen LogP contribution in [0.3, 0.4) is 0 Å². The predicted molar refractivity (Wildman–Crippen MR) is 91.9 cm³/mol. The number of pyridine rings is 1. The van der Waals surface area contributed by atoms with Crippen LogP contribution in [0.4, 0.5) is 0 Å². The Morgan fingerprint density at radius 1 is 1.30 bits per heavy atom. The lowest BCUT2D eigenvalue weighted by Gasteiger charge is -2.22. The van der Waals surface area contributed by atoms with E-state index in [2.05, 4.69) is 15.9 Å². The summed E-state index contributed by atoms with van der Waals surface area (Å²) in [5.41, 5.74) is 3.01. The van der Waals surface area contributed by atoms with E-state index in [0.717, 1.165) is 35.0 Å². The van der Waals surface area contributed by atoms with Crippen molar-refractivity contribution >= 4 is 21.9 Å². The van der Waals surface area contributed by atoms with Crippen LogP contribution in [0, 0.1) is 0 Å². The number of hydrogen-bond donors (Lipinski definition) is 0. The minimum atomic E-state index is -0.369. The number of rotatable bonds is 3. The lowest BCUT2D eigenvalue weighted by atomic mass is 9.98. The van der Waals surface area contributed by atoms with E-state index in [1.807, 2.05) is 24.3 Å². The van der Waals surface area contributed by atoms with E-state index in [9.17, 15) is 9.59 Å². The Hall–Kier alpha value is -1.88. The molecular formula is C18H18BrNO3. The molecule has 0 aliphatic carbocycles. The topological polar surface area (TPSA) is 48.3 Å². The van der Waals surface area contributed by atoms with Gasteiger partial charge in [0.1, 0.15) is 0 Å². The number of esters is 1. The third kappa shape index (κ3) is 3.24. The van der Waals surface area contributed by atoms with Crippen molar-refractivity contribution < 1.29 is 9.53 Å². The maximum atomic E-state index is 12.8. The Labute approximate surface area is 143 Å². The first-order chi connectivity index (χ1) is 11.1. The first-order valence-corrected chi connectivity index (χ1v) is 8.48. The molecule has 0 atom stereocenters. The lowest BCUT2D eigenvalue weighted by Crippen LogP contribution is -2.32. The number of carbonyl (C=O) groups is 1. The number of halogens is 1. The highest BCUT2D eigenvalue weighted by atomic mass is 79.9. The highest BCUT2D eigenvalue weighted by Crippen LogP contribution is 2.20. The van der Waals surface area contributed by atoms with E-state index in [0.29, 0.717) is 24.1 Å². The minimum Gasteiger partial charge on any atom is -0.465 e. The molecule has 0 N–H and O–H groups in total. The third-order valence-electron chi connectivity index (χ3n) is 4.21. The number of benzene rings is 1. The molecule has 1 aromatic carbocycles. The summed E-state index contributed by atoms with van der Waals surface area (Å²) in [4.78, 5) is 24.9. The Morgan fingerprint density at radius 3 is 2.87 bits per heavy atom. The molecular weight excluding hydrogens is 358 g/mol. The summed E-state index contributed by atoms with van der Waals surface area (Å²) in [6.07, 6.45) is 3.21. The van der Waals surface area contributed by atoms with Gasteiger partial charge in [-0.1, -0.05) is 28.1 Å². The van der Waals surface area contributed by atoms with Crippen molar-refractivity contribution in [3.05, 3.63) is 67.5 Å². The number of hydrogen-bond acceptors (Lipinski definition) is 3. The summed E-state index contributed by atoms with van der Waals surface area (Å²) in [5, 5.41) is 0. The summed E-state index contributed by atoms with van der Waals surface area (Å²) >= 11 is 3.45. The molecule has 0 amide bonds. The van der Waals surface area contributed by atoms with Crippen molar-refractivity contribution in [2.75, 3.05) is 7.11 Å². The summed E-state index contributed by atoms with van der Waals surface area (Å²) in [7, 11) is 1.38. The number of aromatic nitrogens is 1. The van der Waals surface area contributed by atoms with Gasteiger partial charge in [0.2, 0.25) is 0 Å². The van der Waals surface area contributed by atoms with E-state index in [1.54, 1.807) is 10.6 Å². The number of carbonyl (C=O) groups excluding carboxylic acids is 1. The normalized spacial score (nSPS) is 13.5. The van der Waals surface area contributed by atoms with Crippen LogP contribution in [0.25, 0.3) is 0 Å². The van der Waals surface area contributed by atoms with Crippen molar-refractivity contribution in [2.45, 2.75) is 32.2 Å². The summed E-state index contributed by atoms with van der Waals surface area (Å²) in [5.74, 6) is -0.369. The van der Waals surface area contributed by atoms with Crippen LogP contribution in [-0.2, 0) is 24.1 Å². The number of methoxy groups -OCH3 is 1. The molecule has 4 nitrogen and oxygen atoms in total. The monoisotopic (exact) mass is 375 g/mol. The van der Waals surface area contributed by atoms with Gasteiger partial charge >= 0.3 is 5.97 Å². The molecule has 0 fully saturated rings. The van der Waals surface area contributed by atoms with Crippen molar-refractivity contribution in [2.24, 2.45) is 0 Å². The second kappa shape index (κ2) is 6.71. The molecule has 1 aromatic heterocycles. The molecule has 1 aliphatic rings. The van der Waals surface area contributed by atoms with Gasteiger partial charge in [-0.25, -0.2) is 4.79 Å². The lowest BCUT2D eigenvalue weighted by molar-refractivity contribution is 0.0597. The Kier molecular flexibility index (Phi) is 4.66. The molecule has 0 spiro atoms. The fourth-order valence-electron chi connectivity index (χ4n) is 3.11.